The Morgan fingerprint density at radius 1 is 1.21 bits per heavy atom. The van der Waals surface area contributed by atoms with Crippen LogP contribution in [0.4, 0.5) is 10.5 Å². The number of alkyl carbamates (subject to hydrolysis) is 1. The van der Waals surface area contributed by atoms with Crippen molar-refractivity contribution in [2.45, 2.75) is 95.7 Å². The Kier molecular flexibility index (Phi) is 13.4. The summed E-state index contributed by atoms with van der Waals surface area (Å²) in [6.07, 6.45) is 0.625. The van der Waals surface area contributed by atoms with Gasteiger partial charge in [0.2, 0.25) is 11.8 Å². The Labute approximate surface area is 314 Å². The second-order valence-electron chi connectivity index (χ2n) is 14.1. The number of carbonyl (C=O) groups excluding carboxylic acids is 5. The number of hydrogen-bond acceptors (Lipinski definition) is 12. The van der Waals surface area contributed by atoms with Crippen LogP contribution in [0, 0.1) is 5.92 Å². The molecule has 292 valence electrons. The number of Topliss-reactive ketones (excluding diaryl/α,β-unsaturated/α-hetero) is 1. The standard InChI is InChI=1S/C37H50ClN3O12/c1-20-11-10-12-28(49-9)37(47)17-27(51-35(46)39-37)22(3)33-36(5,53-33)29(52-34(45)23(4)40(6)31(44)19-50-18-21(2)42)16-30(43)41(7)25-14-24(13-20)15-26(48-8)32(25)38/h10-12,14-15,22-23,27-29,33,47H,13,16-19H2,1-9H3,(H,39,46)/b12-10+,20-11+. The quantitative estimate of drug-likeness (QED) is 0.277. The molecule has 4 rings (SSSR count). The summed E-state index contributed by atoms with van der Waals surface area (Å²) in [5.41, 5.74) is -1.05. The number of benzene rings is 1. The van der Waals surface area contributed by atoms with Crippen LogP contribution in [0.25, 0.3) is 0 Å². The molecule has 2 fully saturated rings. The van der Waals surface area contributed by atoms with E-state index in [2.05, 4.69) is 5.32 Å². The molecule has 53 heavy (non-hydrogen) atoms. The Morgan fingerprint density at radius 3 is 2.55 bits per heavy atom. The van der Waals surface area contributed by atoms with Crippen molar-refractivity contribution >= 4 is 46.9 Å². The zero-order valence-electron chi connectivity index (χ0n) is 31.6. The predicted octanol–water partition coefficient (Wildman–Crippen LogP) is 3.12. The van der Waals surface area contributed by atoms with Crippen LogP contribution in [0.5, 0.6) is 5.75 Å². The first-order valence-corrected chi connectivity index (χ1v) is 17.6. The van der Waals surface area contributed by atoms with Crippen LogP contribution < -0.4 is 15.0 Å². The molecule has 0 aliphatic carbocycles. The number of likely N-dealkylation sites (N-methyl/N-ethyl adjacent to an activating group) is 1. The van der Waals surface area contributed by atoms with Gasteiger partial charge in [0.15, 0.2) is 11.5 Å². The zero-order chi connectivity index (χ0) is 39.4. The highest BCUT2D eigenvalue weighted by Crippen LogP contribution is 2.49. The number of rotatable bonds is 9. The van der Waals surface area contributed by atoms with Crippen LogP contribution in [-0.4, -0.2) is 123 Å². The van der Waals surface area contributed by atoms with Gasteiger partial charge in [0.25, 0.3) is 0 Å². The van der Waals surface area contributed by atoms with Crippen molar-refractivity contribution in [3.63, 3.8) is 0 Å². The number of methoxy groups -OCH3 is 2. The Bertz CT molecular complexity index is 1650. The van der Waals surface area contributed by atoms with Gasteiger partial charge in [-0.05, 0) is 51.8 Å². The molecule has 1 aromatic carbocycles. The molecule has 3 aliphatic heterocycles. The molecule has 16 heteroatoms. The summed E-state index contributed by atoms with van der Waals surface area (Å²) in [6.45, 7) is 7.45. The van der Waals surface area contributed by atoms with Crippen molar-refractivity contribution in [2.75, 3.05) is 46.4 Å². The molecule has 3 heterocycles. The second kappa shape index (κ2) is 17.0. The lowest BCUT2D eigenvalue weighted by Crippen LogP contribution is -2.63. The van der Waals surface area contributed by atoms with E-state index in [0.29, 0.717) is 17.9 Å². The summed E-state index contributed by atoms with van der Waals surface area (Å²) >= 11 is 6.73. The van der Waals surface area contributed by atoms with Gasteiger partial charge in [-0.1, -0.05) is 42.3 Å². The van der Waals surface area contributed by atoms with E-state index in [0.717, 1.165) is 16.0 Å². The van der Waals surface area contributed by atoms with E-state index in [4.69, 9.17) is 40.0 Å². The van der Waals surface area contributed by atoms with Gasteiger partial charge in [-0.2, -0.15) is 0 Å². The smallest absolute Gasteiger partial charge is 0.409 e. The molecule has 4 bridgehead atoms. The lowest BCUT2D eigenvalue weighted by atomic mass is 9.83. The normalized spacial score (nSPS) is 31.1. The van der Waals surface area contributed by atoms with Crippen molar-refractivity contribution in [2.24, 2.45) is 5.92 Å². The molecule has 0 aromatic heterocycles. The van der Waals surface area contributed by atoms with Gasteiger partial charge in [-0.25, -0.2) is 9.59 Å². The number of halogens is 1. The van der Waals surface area contributed by atoms with Gasteiger partial charge >= 0.3 is 12.1 Å². The van der Waals surface area contributed by atoms with Gasteiger partial charge in [-0.15, -0.1) is 0 Å². The summed E-state index contributed by atoms with van der Waals surface area (Å²) < 4.78 is 34.2. The van der Waals surface area contributed by atoms with E-state index < -0.39 is 78.2 Å². The third-order valence-corrected chi connectivity index (χ3v) is 10.4. The van der Waals surface area contributed by atoms with Gasteiger partial charge in [-0.3, -0.25) is 19.7 Å². The predicted molar refractivity (Wildman–Crippen MR) is 192 cm³/mol. The summed E-state index contributed by atoms with van der Waals surface area (Å²) in [7, 11) is 5.83. The highest BCUT2D eigenvalue weighted by atomic mass is 35.5. The number of allylic oxidation sites excluding steroid dienone is 3. The van der Waals surface area contributed by atoms with E-state index >= 15 is 0 Å². The number of nitrogens with zero attached hydrogens (tertiary/aromatic N) is 2. The molecule has 2 saturated heterocycles. The first kappa shape index (κ1) is 41.7. The van der Waals surface area contributed by atoms with Crippen LogP contribution in [0.2, 0.25) is 5.02 Å². The minimum atomic E-state index is -1.85. The number of nitrogens with one attached hydrogen (secondary N) is 1. The number of aliphatic hydroxyl groups is 1. The molecule has 1 aromatic rings. The minimum Gasteiger partial charge on any atom is -0.495 e. The molecule has 0 saturated carbocycles. The summed E-state index contributed by atoms with van der Waals surface area (Å²) in [5, 5.41) is 14.4. The Balaban J connectivity index is 1.73. The van der Waals surface area contributed by atoms with E-state index in [1.807, 2.05) is 13.0 Å². The number of esters is 1. The van der Waals surface area contributed by atoms with E-state index in [1.165, 1.54) is 40.0 Å². The number of carbonyl (C=O) groups is 5. The third-order valence-electron chi connectivity index (χ3n) is 10.1. The van der Waals surface area contributed by atoms with Crippen molar-refractivity contribution in [3.05, 3.63) is 46.5 Å². The molecule has 0 radical (unpaired) electrons. The van der Waals surface area contributed by atoms with E-state index in [1.54, 1.807) is 45.2 Å². The summed E-state index contributed by atoms with van der Waals surface area (Å²) in [5.74, 6) is -2.33. The zero-order valence-corrected chi connectivity index (χ0v) is 32.4. The number of amides is 3. The molecule has 3 aliphatic rings. The lowest BCUT2D eigenvalue weighted by molar-refractivity contribution is -0.163. The molecule has 3 amide bonds. The first-order chi connectivity index (χ1) is 24.8. The number of ether oxygens (including phenoxy) is 6. The van der Waals surface area contributed by atoms with Crippen molar-refractivity contribution in [3.8, 4) is 5.75 Å². The molecule has 2 N–H and O–H groups in total. The minimum absolute atomic E-state index is 0.0761. The van der Waals surface area contributed by atoms with E-state index in [-0.39, 0.29) is 30.3 Å². The number of anilines is 1. The first-order valence-electron chi connectivity index (χ1n) is 17.3. The van der Waals surface area contributed by atoms with Crippen molar-refractivity contribution in [1.29, 1.82) is 0 Å². The maximum Gasteiger partial charge on any atom is 0.409 e. The van der Waals surface area contributed by atoms with Crippen LogP contribution in [0.1, 0.15) is 53.0 Å². The van der Waals surface area contributed by atoms with Crippen LogP contribution in [-0.2, 0) is 49.3 Å². The van der Waals surface area contributed by atoms with E-state index in [9.17, 15) is 29.1 Å². The average molecular weight is 764 g/mol. The SMILES string of the molecule is COc1cc2cc(c1Cl)N(C)C(=O)CC(OC(=O)C(C)N(C)C(=O)COCC(C)=O)C1(C)OC1C(C)C1CC(O)(NC(=O)O1)C(OC)/C=C/C=C(\C)C2. The largest absolute Gasteiger partial charge is 0.495 e. The van der Waals surface area contributed by atoms with Gasteiger partial charge < -0.3 is 43.3 Å². The number of ketones is 1. The van der Waals surface area contributed by atoms with Crippen molar-refractivity contribution < 1.29 is 57.5 Å². The fourth-order valence-electron chi connectivity index (χ4n) is 6.60. The number of hydrogen-bond donors (Lipinski definition) is 2. The summed E-state index contributed by atoms with van der Waals surface area (Å²) in [4.78, 5) is 67.0. The lowest BCUT2D eigenvalue weighted by Gasteiger charge is -2.42. The molecule has 8 unspecified atom stereocenters. The Morgan fingerprint density at radius 2 is 1.91 bits per heavy atom. The fourth-order valence-corrected chi connectivity index (χ4v) is 6.92. The van der Waals surface area contributed by atoms with Gasteiger partial charge in [0, 0.05) is 33.5 Å². The Hall–Kier alpha value is -4.02. The number of fused-ring (bicyclic) bond motifs is 5. The van der Waals surface area contributed by atoms with Crippen LogP contribution in [0.3, 0.4) is 0 Å². The van der Waals surface area contributed by atoms with Crippen LogP contribution >= 0.6 is 11.6 Å². The molecule has 15 nitrogen and oxygen atoms in total. The maximum atomic E-state index is 14.1. The topological polar surface area (TPSA) is 183 Å². The molecular weight excluding hydrogens is 714 g/mol. The third kappa shape index (κ3) is 9.57. The van der Waals surface area contributed by atoms with Crippen molar-refractivity contribution in [1.82, 2.24) is 10.2 Å². The molecule has 8 atom stereocenters. The average Bonchev–Trinajstić information content (AvgIpc) is 3.79. The summed E-state index contributed by atoms with van der Waals surface area (Å²) in [6, 6.07) is 2.43. The molecule has 0 spiro atoms. The highest BCUT2D eigenvalue weighted by Gasteiger charge is 2.64. The fraction of sp³-hybridized carbons (Fsp3) is 0.595. The highest BCUT2D eigenvalue weighted by molar-refractivity contribution is 6.35. The van der Waals surface area contributed by atoms with Crippen LogP contribution in [0.15, 0.2) is 35.9 Å². The van der Waals surface area contributed by atoms with Gasteiger partial charge in [0.1, 0.15) is 53.9 Å². The second-order valence-corrected chi connectivity index (χ2v) is 14.5. The molecular formula is C37H50ClN3O12. The maximum absolute atomic E-state index is 14.1. The number of epoxide rings is 1. The monoisotopic (exact) mass is 763 g/mol. The van der Waals surface area contributed by atoms with Gasteiger partial charge in [0.05, 0.1) is 25.3 Å².